The monoisotopic (exact) mass is 158 g/mol. The summed E-state index contributed by atoms with van der Waals surface area (Å²) < 4.78 is 0. The van der Waals surface area contributed by atoms with Crippen molar-refractivity contribution in [2.45, 2.75) is 41.5 Å². The van der Waals surface area contributed by atoms with E-state index in [1.54, 1.807) is 0 Å². The Hall–Kier alpha value is -0.560. The minimum absolute atomic E-state index is 0. The van der Waals surface area contributed by atoms with Gasteiger partial charge in [0.15, 0.2) is 0 Å². The maximum absolute atomic E-state index is 2.08. The van der Waals surface area contributed by atoms with Gasteiger partial charge in [0, 0.05) is 0 Å². The largest absolute Gasteiger partial charge is 0.412 e. The molecule has 0 spiro atoms. The molecule has 0 heterocycles. The molecule has 0 amide bonds. The predicted octanol–water partition coefficient (Wildman–Crippen LogP) is 3.12. The van der Waals surface area contributed by atoms with Gasteiger partial charge in [0.2, 0.25) is 0 Å². The molecule has 0 aliphatic carbocycles. The van der Waals surface area contributed by atoms with Crippen LogP contribution < -0.4 is 0 Å². The second-order valence-electron chi connectivity index (χ2n) is 2.73. The van der Waals surface area contributed by atoms with E-state index in [-0.39, 0.29) is 5.48 Å². The molecule has 0 aliphatic heterocycles. The Kier molecular flexibility index (Phi) is 18.6. The average Bonchev–Trinajstić information content (AvgIpc) is 1.89. The van der Waals surface area contributed by atoms with Gasteiger partial charge < -0.3 is 5.48 Å². The van der Waals surface area contributed by atoms with Crippen molar-refractivity contribution in [3.63, 3.8) is 0 Å². The number of rotatable bonds is 0. The van der Waals surface area contributed by atoms with Crippen LogP contribution in [0.5, 0.6) is 0 Å². The molecule has 0 radical (unpaired) electrons. The summed E-state index contributed by atoms with van der Waals surface area (Å²) in [6.07, 6.45) is 4.17. The zero-order chi connectivity index (χ0) is 8.57. The summed E-state index contributed by atoms with van der Waals surface area (Å²) in [4.78, 5) is 0. The normalized spacial score (nSPS) is 6.36. The van der Waals surface area contributed by atoms with Gasteiger partial charge in [-0.15, -0.1) is 0 Å². The van der Waals surface area contributed by atoms with Crippen LogP contribution in [0.4, 0.5) is 0 Å². The Morgan fingerprint density at radius 3 is 0.818 bits per heavy atom. The van der Waals surface area contributed by atoms with Gasteiger partial charge >= 0.3 is 0 Å². The quantitative estimate of drug-likeness (QED) is 0.485. The SMILES string of the molecule is CC=C(C)C.CC=C(C)C.O. The first-order chi connectivity index (χ1) is 4.54. The standard InChI is InChI=1S/2C5H10.H2O/c2*1-4-5(2)3;/h2*4H,1-3H3;1H2. The third-order valence-corrected chi connectivity index (χ3v) is 1.15. The van der Waals surface area contributed by atoms with Crippen LogP contribution in [0.3, 0.4) is 0 Å². The fourth-order valence-electron chi connectivity index (χ4n) is 0. The van der Waals surface area contributed by atoms with Crippen LogP contribution >= 0.6 is 0 Å². The Morgan fingerprint density at radius 2 is 0.818 bits per heavy atom. The molecule has 0 saturated carbocycles. The lowest BCUT2D eigenvalue weighted by molar-refractivity contribution is 0.824. The predicted molar refractivity (Wildman–Crippen MR) is 53.8 cm³/mol. The molecule has 0 bridgehead atoms. The van der Waals surface area contributed by atoms with E-state index in [2.05, 4.69) is 39.8 Å². The summed E-state index contributed by atoms with van der Waals surface area (Å²) in [5.41, 5.74) is 2.76. The molecule has 0 unspecified atom stereocenters. The summed E-state index contributed by atoms with van der Waals surface area (Å²) in [6.45, 7) is 12.4. The minimum atomic E-state index is 0. The average molecular weight is 158 g/mol. The maximum atomic E-state index is 2.08. The van der Waals surface area contributed by atoms with Crippen molar-refractivity contribution >= 4 is 0 Å². The Labute approximate surface area is 71.1 Å². The molecule has 68 valence electrons. The van der Waals surface area contributed by atoms with Crippen molar-refractivity contribution in [2.24, 2.45) is 0 Å². The summed E-state index contributed by atoms with van der Waals surface area (Å²) in [5.74, 6) is 0. The van der Waals surface area contributed by atoms with Crippen molar-refractivity contribution in [2.75, 3.05) is 0 Å². The second-order valence-corrected chi connectivity index (χ2v) is 2.73. The van der Waals surface area contributed by atoms with E-state index >= 15 is 0 Å². The van der Waals surface area contributed by atoms with Crippen molar-refractivity contribution in [1.29, 1.82) is 0 Å². The summed E-state index contributed by atoms with van der Waals surface area (Å²) in [6, 6.07) is 0. The van der Waals surface area contributed by atoms with Crippen molar-refractivity contribution in [3.8, 4) is 0 Å². The van der Waals surface area contributed by atoms with Crippen LogP contribution in [0, 0.1) is 0 Å². The first-order valence-corrected chi connectivity index (χ1v) is 3.73. The van der Waals surface area contributed by atoms with Crippen LogP contribution in [0.1, 0.15) is 41.5 Å². The highest BCUT2D eigenvalue weighted by atomic mass is 16.0. The summed E-state index contributed by atoms with van der Waals surface area (Å²) >= 11 is 0. The zero-order valence-corrected chi connectivity index (χ0v) is 8.65. The molecule has 1 heteroatoms. The Morgan fingerprint density at radius 1 is 0.727 bits per heavy atom. The lowest BCUT2D eigenvalue weighted by atomic mass is 10.3. The molecule has 0 aromatic rings. The fourth-order valence-corrected chi connectivity index (χ4v) is 0. The van der Waals surface area contributed by atoms with Crippen LogP contribution in [-0.2, 0) is 0 Å². The van der Waals surface area contributed by atoms with Crippen LogP contribution in [0.2, 0.25) is 0 Å². The molecule has 0 aliphatic rings. The highest BCUT2D eigenvalue weighted by Crippen LogP contribution is 1.82. The van der Waals surface area contributed by atoms with Gasteiger partial charge in [-0.3, -0.25) is 0 Å². The third-order valence-electron chi connectivity index (χ3n) is 1.15. The second kappa shape index (κ2) is 12.1. The van der Waals surface area contributed by atoms with Crippen LogP contribution in [-0.4, -0.2) is 5.48 Å². The van der Waals surface area contributed by atoms with Gasteiger partial charge in [-0.05, 0) is 41.5 Å². The van der Waals surface area contributed by atoms with E-state index in [1.807, 2.05) is 13.8 Å². The van der Waals surface area contributed by atoms with E-state index in [0.29, 0.717) is 0 Å². The third kappa shape index (κ3) is 44.2. The summed E-state index contributed by atoms with van der Waals surface area (Å²) in [7, 11) is 0. The lowest BCUT2D eigenvalue weighted by Crippen LogP contribution is -1.52. The van der Waals surface area contributed by atoms with Crippen LogP contribution in [0.25, 0.3) is 0 Å². The first kappa shape index (κ1) is 16.8. The molecular formula is C10H22O. The topological polar surface area (TPSA) is 31.5 Å². The van der Waals surface area contributed by atoms with Gasteiger partial charge in [0.1, 0.15) is 0 Å². The molecule has 1 nitrogen and oxygen atoms in total. The van der Waals surface area contributed by atoms with Crippen molar-refractivity contribution in [1.82, 2.24) is 0 Å². The molecule has 0 rings (SSSR count). The fraction of sp³-hybridized carbons (Fsp3) is 0.600. The van der Waals surface area contributed by atoms with Crippen LogP contribution in [0.15, 0.2) is 23.3 Å². The molecule has 2 N–H and O–H groups in total. The zero-order valence-electron chi connectivity index (χ0n) is 8.65. The van der Waals surface area contributed by atoms with Gasteiger partial charge in [0.25, 0.3) is 0 Å². The number of hydrogen-bond donors (Lipinski definition) is 0. The van der Waals surface area contributed by atoms with E-state index in [4.69, 9.17) is 0 Å². The van der Waals surface area contributed by atoms with E-state index in [1.165, 1.54) is 11.1 Å². The number of allylic oxidation sites excluding steroid dienone is 4. The van der Waals surface area contributed by atoms with Crippen molar-refractivity contribution < 1.29 is 5.48 Å². The van der Waals surface area contributed by atoms with Crippen molar-refractivity contribution in [3.05, 3.63) is 23.3 Å². The van der Waals surface area contributed by atoms with Gasteiger partial charge in [0.05, 0.1) is 0 Å². The molecule has 0 atom stereocenters. The lowest BCUT2D eigenvalue weighted by Gasteiger charge is -1.74. The molecular weight excluding hydrogens is 136 g/mol. The molecule has 0 aromatic carbocycles. The highest BCUT2D eigenvalue weighted by Gasteiger charge is 1.61. The maximum Gasteiger partial charge on any atom is -0.0442 e. The van der Waals surface area contributed by atoms with Gasteiger partial charge in [-0.2, -0.15) is 0 Å². The minimum Gasteiger partial charge on any atom is -0.412 e. The number of hydrogen-bond acceptors (Lipinski definition) is 0. The van der Waals surface area contributed by atoms with E-state index < -0.39 is 0 Å². The van der Waals surface area contributed by atoms with E-state index in [9.17, 15) is 0 Å². The molecule has 0 aromatic heterocycles. The van der Waals surface area contributed by atoms with E-state index in [0.717, 1.165) is 0 Å². The molecule has 11 heavy (non-hydrogen) atoms. The Balaban J connectivity index is -0.000000107. The summed E-state index contributed by atoms with van der Waals surface area (Å²) in [5, 5.41) is 0. The first-order valence-electron chi connectivity index (χ1n) is 3.73. The Bertz CT molecular complexity index is 96.8. The smallest absolute Gasteiger partial charge is 0.0442 e. The molecule has 0 saturated heterocycles. The van der Waals surface area contributed by atoms with Gasteiger partial charge in [-0.1, -0.05) is 23.3 Å². The molecule has 0 fully saturated rings. The van der Waals surface area contributed by atoms with Gasteiger partial charge in [-0.25, -0.2) is 0 Å². The highest BCUT2D eigenvalue weighted by molar-refractivity contribution is 4.89.